The summed E-state index contributed by atoms with van der Waals surface area (Å²) in [5.41, 5.74) is 6.96. The maximum absolute atomic E-state index is 6.37. The van der Waals surface area contributed by atoms with Crippen LogP contribution in [0.15, 0.2) is 48.7 Å². The molecule has 0 bridgehead atoms. The summed E-state index contributed by atoms with van der Waals surface area (Å²) in [6.45, 7) is 8.38. The number of thiocarbonyl (C=S) groups is 1. The van der Waals surface area contributed by atoms with E-state index in [0.29, 0.717) is 0 Å². The van der Waals surface area contributed by atoms with Gasteiger partial charge in [0.1, 0.15) is 0 Å². The van der Waals surface area contributed by atoms with E-state index in [1.165, 1.54) is 22.5 Å². The van der Waals surface area contributed by atoms with Gasteiger partial charge >= 0.3 is 0 Å². The van der Waals surface area contributed by atoms with Crippen LogP contribution in [0, 0.1) is 20.8 Å². The Hall–Kier alpha value is -2.41. The van der Waals surface area contributed by atoms with Crippen LogP contribution in [-0.2, 0) is 0 Å². The number of benzene rings is 1. The summed E-state index contributed by atoms with van der Waals surface area (Å²) in [5, 5.41) is 5.10. The van der Waals surface area contributed by atoms with Crippen LogP contribution in [0.5, 0.6) is 0 Å². The van der Waals surface area contributed by atoms with Gasteiger partial charge in [0.15, 0.2) is 5.11 Å². The summed E-state index contributed by atoms with van der Waals surface area (Å²) in [7, 11) is 4.21. The van der Waals surface area contributed by atoms with E-state index in [2.05, 4.69) is 77.7 Å². The van der Waals surface area contributed by atoms with Crippen molar-refractivity contribution in [3.8, 4) is 5.69 Å². The molecule has 2 atom stereocenters. The number of nitrogens with one attached hydrogen (secondary N) is 1. The van der Waals surface area contributed by atoms with Gasteiger partial charge in [-0.1, -0.05) is 23.7 Å². The van der Waals surface area contributed by atoms with Crippen molar-refractivity contribution >= 4 is 28.9 Å². The first-order valence-corrected chi connectivity index (χ1v) is 12.1. The molecule has 1 fully saturated rings. The van der Waals surface area contributed by atoms with Crippen LogP contribution in [0.2, 0.25) is 5.02 Å². The van der Waals surface area contributed by atoms with Crippen LogP contribution < -0.4 is 5.32 Å². The van der Waals surface area contributed by atoms with E-state index < -0.39 is 0 Å². The predicted octanol–water partition coefficient (Wildman–Crippen LogP) is 5.38. The normalized spacial score (nSPS) is 18.3. The SMILES string of the molecule is Cc1ccc(Cl)cc1-n1c(C)cc([C@@H]2[C@H](c3ccccn3)NC(=S)N2CCCN(C)C)c1C. The molecule has 0 unspecified atom stereocenters. The van der Waals surface area contributed by atoms with Crippen LogP contribution in [0.25, 0.3) is 5.69 Å². The molecule has 0 aliphatic carbocycles. The average molecular weight is 482 g/mol. The van der Waals surface area contributed by atoms with E-state index in [-0.39, 0.29) is 12.1 Å². The second-order valence-corrected chi connectivity index (χ2v) is 9.89. The Morgan fingerprint density at radius 1 is 1.12 bits per heavy atom. The molecule has 4 rings (SSSR count). The number of aryl methyl sites for hydroxylation is 2. The molecule has 33 heavy (non-hydrogen) atoms. The third kappa shape index (κ3) is 4.79. The molecule has 0 radical (unpaired) electrons. The zero-order chi connectivity index (χ0) is 23.7. The first kappa shape index (κ1) is 23.7. The quantitative estimate of drug-likeness (QED) is 0.459. The highest BCUT2D eigenvalue weighted by Crippen LogP contribution is 2.41. The van der Waals surface area contributed by atoms with E-state index in [4.69, 9.17) is 23.8 Å². The second kappa shape index (κ2) is 9.84. The minimum Gasteiger partial charge on any atom is -0.352 e. The minimum atomic E-state index is -0.00698. The summed E-state index contributed by atoms with van der Waals surface area (Å²) < 4.78 is 2.31. The highest BCUT2D eigenvalue weighted by atomic mass is 35.5. The number of nitrogens with zero attached hydrogens (tertiary/aromatic N) is 4. The average Bonchev–Trinajstić information content (AvgIpc) is 3.25. The van der Waals surface area contributed by atoms with Gasteiger partial charge in [-0.15, -0.1) is 0 Å². The molecule has 0 amide bonds. The van der Waals surface area contributed by atoms with E-state index in [9.17, 15) is 0 Å². The molecule has 1 aliphatic rings. The maximum atomic E-state index is 6.37. The van der Waals surface area contributed by atoms with Gasteiger partial charge in [0, 0.05) is 34.8 Å². The van der Waals surface area contributed by atoms with Crippen molar-refractivity contribution in [2.45, 2.75) is 39.3 Å². The number of hydrogen-bond acceptors (Lipinski definition) is 3. The Morgan fingerprint density at radius 2 is 1.91 bits per heavy atom. The van der Waals surface area contributed by atoms with Crippen molar-refractivity contribution in [1.82, 2.24) is 24.7 Å². The minimum absolute atomic E-state index is 0.00698. The van der Waals surface area contributed by atoms with Crippen LogP contribution in [0.3, 0.4) is 0 Å². The molecule has 174 valence electrons. The molecule has 1 saturated heterocycles. The van der Waals surface area contributed by atoms with Gasteiger partial charge in [-0.2, -0.15) is 0 Å². The van der Waals surface area contributed by atoms with Crippen molar-refractivity contribution in [1.29, 1.82) is 0 Å². The molecule has 3 heterocycles. The van der Waals surface area contributed by atoms with Crippen molar-refractivity contribution < 1.29 is 0 Å². The van der Waals surface area contributed by atoms with Crippen LogP contribution in [0.1, 0.15) is 46.7 Å². The Morgan fingerprint density at radius 3 is 2.61 bits per heavy atom. The standard InChI is InChI=1S/C26H32ClN5S/c1-17-10-11-20(27)16-23(17)32-18(2)15-21(19(32)3)25-24(22-9-6-7-12-28-22)29-26(33)31(25)14-8-13-30(4)5/h6-7,9-12,15-16,24-25H,8,13-14H2,1-5H3,(H,29,33)/t24-,25+/m0/s1. The van der Waals surface area contributed by atoms with Gasteiger partial charge in [-0.05, 0) is 102 Å². The number of pyridine rings is 1. The monoisotopic (exact) mass is 481 g/mol. The van der Waals surface area contributed by atoms with Crippen LogP contribution >= 0.6 is 23.8 Å². The van der Waals surface area contributed by atoms with Gasteiger partial charge < -0.3 is 19.7 Å². The lowest BCUT2D eigenvalue weighted by Crippen LogP contribution is -2.32. The van der Waals surface area contributed by atoms with Gasteiger partial charge in [-0.25, -0.2) is 0 Å². The summed E-state index contributed by atoms with van der Waals surface area (Å²) in [6.07, 6.45) is 2.89. The molecule has 1 aliphatic heterocycles. The fraction of sp³-hybridized carbons (Fsp3) is 0.385. The maximum Gasteiger partial charge on any atom is 0.170 e. The lowest BCUT2D eigenvalue weighted by molar-refractivity contribution is 0.292. The lowest BCUT2D eigenvalue weighted by atomic mass is 9.96. The van der Waals surface area contributed by atoms with E-state index in [0.717, 1.165) is 41.0 Å². The zero-order valence-corrected chi connectivity index (χ0v) is 21.5. The molecule has 1 N–H and O–H groups in total. The largest absolute Gasteiger partial charge is 0.352 e. The summed E-state index contributed by atoms with van der Waals surface area (Å²) in [4.78, 5) is 9.23. The lowest BCUT2D eigenvalue weighted by Gasteiger charge is -2.28. The Balaban J connectivity index is 1.80. The molecule has 0 spiro atoms. The highest BCUT2D eigenvalue weighted by molar-refractivity contribution is 7.80. The van der Waals surface area contributed by atoms with Crippen molar-refractivity contribution in [3.63, 3.8) is 0 Å². The third-order valence-electron chi connectivity index (χ3n) is 6.40. The molecule has 0 saturated carbocycles. The number of aromatic nitrogens is 2. The summed E-state index contributed by atoms with van der Waals surface area (Å²) in [5.74, 6) is 0. The van der Waals surface area contributed by atoms with E-state index in [1.54, 1.807) is 0 Å². The van der Waals surface area contributed by atoms with Crippen LogP contribution in [0.4, 0.5) is 0 Å². The van der Waals surface area contributed by atoms with Crippen molar-refractivity contribution in [2.24, 2.45) is 0 Å². The smallest absolute Gasteiger partial charge is 0.170 e. The molecule has 7 heteroatoms. The topological polar surface area (TPSA) is 36.3 Å². The summed E-state index contributed by atoms with van der Waals surface area (Å²) >= 11 is 12.2. The van der Waals surface area contributed by atoms with Crippen LogP contribution in [-0.4, -0.2) is 51.6 Å². The molecule has 1 aromatic carbocycles. The number of halogens is 1. The Labute approximate surface area is 207 Å². The molecule has 5 nitrogen and oxygen atoms in total. The Kier molecular flexibility index (Phi) is 7.07. The number of rotatable bonds is 7. The fourth-order valence-corrected chi connectivity index (χ4v) is 5.32. The molecular weight excluding hydrogens is 450 g/mol. The second-order valence-electron chi connectivity index (χ2n) is 9.07. The number of hydrogen-bond donors (Lipinski definition) is 1. The van der Waals surface area contributed by atoms with Gasteiger partial charge in [0.05, 0.1) is 17.8 Å². The predicted molar refractivity (Wildman–Crippen MR) is 140 cm³/mol. The summed E-state index contributed by atoms with van der Waals surface area (Å²) in [6, 6.07) is 14.5. The van der Waals surface area contributed by atoms with E-state index in [1.807, 2.05) is 30.5 Å². The fourth-order valence-electron chi connectivity index (χ4n) is 4.82. The van der Waals surface area contributed by atoms with E-state index >= 15 is 0 Å². The van der Waals surface area contributed by atoms with Gasteiger partial charge in [-0.3, -0.25) is 4.98 Å². The third-order valence-corrected chi connectivity index (χ3v) is 6.99. The zero-order valence-electron chi connectivity index (χ0n) is 20.0. The van der Waals surface area contributed by atoms with Crippen molar-refractivity contribution in [2.75, 3.05) is 27.2 Å². The molecule has 3 aromatic rings. The highest BCUT2D eigenvalue weighted by Gasteiger charge is 2.41. The first-order chi connectivity index (χ1) is 15.8. The van der Waals surface area contributed by atoms with Gasteiger partial charge in [0.25, 0.3) is 0 Å². The molecular formula is C26H32ClN5S. The first-order valence-electron chi connectivity index (χ1n) is 11.4. The molecule has 2 aromatic heterocycles. The van der Waals surface area contributed by atoms with Crippen molar-refractivity contribution in [3.05, 3.63) is 81.9 Å². The Bertz CT molecular complexity index is 1140. The van der Waals surface area contributed by atoms with Gasteiger partial charge in [0.2, 0.25) is 0 Å².